The molecule has 0 atom stereocenters. The zero-order valence-corrected chi connectivity index (χ0v) is 17.6. The van der Waals surface area contributed by atoms with Crippen molar-refractivity contribution < 1.29 is 13.2 Å². The van der Waals surface area contributed by atoms with Gasteiger partial charge in [-0.05, 0) is 43.5 Å². The lowest BCUT2D eigenvalue weighted by Crippen LogP contribution is -2.22. The van der Waals surface area contributed by atoms with E-state index in [-0.39, 0.29) is 10.8 Å². The Kier molecular flexibility index (Phi) is 5.75. The fourth-order valence-electron chi connectivity index (χ4n) is 3.29. The summed E-state index contributed by atoms with van der Waals surface area (Å²) in [7, 11) is -3.77. The largest absolute Gasteiger partial charge is 0.321 e. The smallest absolute Gasteiger partial charge is 0.262 e. The van der Waals surface area contributed by atoms with Gasteiger partial charge in [-0.15, -0.1) is 0 Å². The minimum atomic E-state index is -3.77. The zero-order valence-electron chi connectivity index (χ0n) is 16.7. The zero-order chi connectivity index (χ0) is 21.2. The number of carbonyl (C=O) groups is 1. The van der Waals surface area contributed by atoms with E-state index in [1.807, 2.05) is 45.0 Å². The van der Waals surface area contributed by atoms with Crippen LogP contribution in [0.3, 0.4) is 0 Å². The number of fused-ring (bicyclic) bond motifs is 1. The van der Waals surface area contributed by atoms with Gasteiger partial charge in [-0.1, -0.05) is 56.0 Å². The van der Waals surface area contributed by atoms with Crippen molar-refractivity contribution in [3.63, 3.8) is 0 Å². The van der Waals surface area contributed by atoms with Gasteiger partial charge < -0.3 is 5.32 Å². The molecule has 3 aromatic carbocycles. The van der Waals surface area contributed by atoms with E-state index in [9.17, 15) is 13.2 Å². The molecule has 0 bridgehead atoms. The summed E-state index contributed by atoms with van der Waals surface area (Å²) in [6.45, 7) is 9.33. The molecule has 0 aromatic heterocycles. The van der Waals surface area contributed by atoms with Crippen LogP contribution in [0.25, 0.3) is 10.8 Å². The van der Waals surface area contributed by atoms with Gasteiger partial charge in [0.1, 0.15) is 0 Å². The molecule has 1 amide bonds. The van der Waals surface area contributed by atoms with Crippen molar-refractivity contribution in [2.45, 2.75) is 32.1 Å². The molecular weight excluding hydrogens is 384 g/mol. The van der Waals surface area contributed by atoms with Crippen LogP contribution in [-0.2, 0) is 10.0 Å². The van der Waals surface area contributed by atoms with Crippen molar-refractivity contribution in [2.24, 2.45) is 0 Å². The highest BCUT2D eigenvalue weighted by molar-refractivity contribution is 7.89. The second-order valence-electron chi connectivity index (χ2n) is 6.94. The highest BCUT2D eigenvalue weighted by atomic mass is 32.2. The minimum Gasteiger partial charge on any atom is -0.321 e. The summed E-state index contributed by atoms with van der Waals surface area (Å²) in [6.07, 6.45) is 0.501. The molecule has 0 spiro atoms. The van der Waals surface area contributed by atoms with Gasteiger partial charge in [0.05, 0.1) is 4.90 Å². The molecule has 0 saturated heterocycles. The Labute approximate surface area is 171 Å². The van der Waals surface area contributed by atoms with Gasteiger partial charge >= 0.3 is 0 Å². The molecule has 5 nitrogen and oxygen atoms in total. The van der Waals surface area contributed by atoms with Gasteiger partial charge in [0.2, 0.25) is 0 Å². The average molecular weight is 409 g/mol. The summed E-state index contributed by atoms with van der Waals surface area (Å²) in [4.78, 5) is 13.1. The first-order chi connectivity index (χ1) is 13.7. The quantitative estimate of drug-likeness (QED) is 0.608. The maximum absolute atomic E-state index is 12.9. The standard InChI is InChI=1S/C23H24N2O3S/c1-5-17(4)25-29(27,28)21-14-13-20(18-11-6-7-12-19(18)21)24-23(26)22-15(2)9-8-10-16(22)3/h6-14,25H,4-5H2,1-3H3,(H,24,26). The van der Waals surface area contributed by atoms with Gasteiger partial charge in [-0.3, -0.25) is 9.52 Å². The van der Waals surface area contributed by atoms with Gasteiger partial charge in [0.25, 0.3) is 15.9 Å². The number of allylic oxidation sites excluding steroid dienone is 1. The predicted molar refractivity (Wildman–Crippen MR) is 118 cm³/mol. The fourth-order valence-corrected chi connectivity index (χ4v) is 4.64. The van der Waals surface area contributed by atoms with Crippen LogP contribution < -0.4 is 10.0 Å². The Morgan fingerprint density at radius 2 is 1.55 bits per heavy atom. The second kappa shape index (κ2) is 8.09. The van der Waals surface area contributed by atoms with E-state index in [2.05, 4.69) is 16.6 Å². The first-order valence-corrected chi connectivity index (χ1v) is 10.8. The predicted octanol–water partition coefficient (Wildman–Crippen LogP) is 4.91. The molecule has 3 aromatic rings. The van der Waals surface area contributed by atoms with Crippen molar-refractivity contribution in [3.8, 4) is 0 Å². The van der Waals surface area contributed by atoms with Crippen LogP contribution in [0, 0.1) is 13.8 Å². The summed E-state index contributed by atoms with van der Waals surface area (Å²) in [5, 5.41) is 4.12. The van der Waals surface area contributed by atoms with Crippen LogP contribution in [0.2, 0.25) is 0 Å². The molecule has 6 heteroatoms. The number of benzene rings is 3. The van der Waals surface area contributed by atoms with Crippen molar-refractivity contribution in [2.75, 3.05) is 5.32 Å². The fraction of sp³-hybridized carbons (Fsp3) is 0.174. The molecule has 0 unspecified atom stereocenters. The Morgan fingerprint density at radius 3 is 2.17 bits per heavy atom. The first kappa shape index (κ1) is 20.6. The third-order valence-corrected chi connectivity index (χ3v) is 6.33. The monoisotopic (exact) mass is 408 g/mol. The number of amides is 1. The van der Waals surface area contributed by atoms with E-state index in [0.717, 1.165) is 11.1 Å². The van der Waals surface area contributed by atoms with Crippen LogP contribution in [-0.4, -0.2) is 14.3 Å². The maximum Gasteiger partial charge on any atom is 0.262 e. The van der Waals surface area contributed by atoms with Crippen molar-refractivity contribution in [3.05, 3.63) is 83.6 Å². The minimum absolute atomic E-state index is 0.146. The molecule has 0 aliphatic rings. The third kappa shape index (κ3) is 4.17. The molecule has 0 aliphatic heterocycles. The lowest BCUT2D eigenvalue weighted by Gasteiger charge is -2.15. The number of aryl methyl sites for hydroxylation is 2. The van der Waals surface area contributed by atoms with Gasteiger partial charge in [0, 0.05) is 27.7 Å². The SMILES string of the molecule is C=C(CC)NS(=O)(=O)c1ccc(NC(=O)c2c(C)cccc2C)c2ccccc12. The number of anilines is 1. The normalized spacial score (nSPS) is 11.3. The Morgan fingerprint density at radius 1 is 0.931 bits per heavy atom. The van der Waals surface area contributed by atoms with E-state index in [0.29, 0.717) is 34.1 Å². The second-order valence-corrected chi connectivity index (χ2v) is 8.59. The van der Waals surface area contributed by atoms with Gasteiger partial charge in [-0.2, -0.15) is 0 Å². The molecular formula is C23H24N2O3S. The average Bonchev–Trinajstić information content (AvgIpc) is 2.67. The summed E-state index contributed by atoms with van der Waals surface area (Å²) < 4.78 is 28.1. The third-order valence-electron chi connectivity index (χ3n) is 4.84. The van der Waals surface area contributed by atoms with Gasteiger partial charge in [-0.25, -0.2) is 8.42 Å². The van der Waals surface area contributed by atoms with E-state index < -0.39 is 10.0 Å². The number of hydrogen-bond donors (Lipinski definition) is 2. The molecule has 2 N–H and O–H groups in total. The Bertz CT molecular complexity index is 1190. The number of rotatable bonds is 6. The highest BCUT2D eigenvalue weighted by Gasteiger charge is 2.20. The van der Waals surface area contributed by atoms with Crippen LogP contribution in [0.5, 0.6) is 0 Å². The van der Waals surface area contributed by atoms with E-state index in [1.165, 1.54) is 6.07 Å². The summed E-state index contributed by atoms with van der Waals surface area (Å²) >= 11 is 0. The number of nitrogens with one attached hydrogen (secondary N) is 2. The molecule has 3 rings (SSSR count). The molecule has 150 valence electrons. The number of carbonyl (C=O) groups excluding carboxylic acids is 1. The molecule has 0 saturated carbocycles. The lowest BCUT2D eigenvalue weighted by atomic mass is 10.0. The summed E-state index contributed by atoms with van der Waals surface area (Å²) in [6, 6.07) is 15.9. The van der Waals surface area contributed by atoms with E-state index in [4.69, 9.17) is 0 Å². The van der Waals surface area contributed by atoms with Crippen LogP contribution in [0.1, 0.15) is 34.8 Å². The number of sulfonamides is 1. The van der Waals surface area contributed by atoms with Gasteiger partial charge in [0.15, 0.2) is 0 Å². The van der Waals surface area contributed by atoms with Crippen LogP contribution in [0.4, 0.5) is 5.69 Å². The molecule has 29 heavy (non-hydrogen) atoms. The van der Waals surface area contributed by atoms with E-state index in [1.54, 1.807) is 24.3 Å². The van der Waals surface area contributed by atoms with Crippen molar-refractivity contribution in [1.82, 2.24) is 4.72 Å². The number of hydrogen-bond acceptors (Lipinski definition) is 3. The summed E-state index contributed by atoms with van der Waals surface area (Å²) in [5.41, 5.74) is 3.36. The molecule has 0 heterocycles. The highest BCUT2D eigenvalue weighted by Crippen LogP contribution is 2.30. The topological polar surface area (TPSA) is 75.3 Å². The maximum atomic E-state index is 12.9. The van der Waals surface area contributed by atoms with Crippen molar-refractivity contribution >= 4 is 32.4 Å². The van der Waals surface area contributed by atoms with Crippen molar-refractivity contribution in [1.29, 1.82) is 0 Å². The Hall–Kier alpha value is -3.12. The first-order valence-electron chi connectivity index (χ1n) is 9.34. The molecule has 0 aliphatic carbocycles. The lowest BCUT2D eigenvalue weighted by molar-refractivity contribution is 0.102. The van der Waals surface area contributed by atoms with Crippen LogP contribution >= 0.6 is 0 Å². The van der Waals surface area contributed by atoms with E-state index >= 15 is 0 Å². The Balaban J connectivity index is 2.06. The van der Waals surface area contributed by atoms with Crippen LogP contribution in [0.15, 0.2) is 71.8 Å². The molecule has 0 fully saturated rings. The summed E-state index contributed by atoms with van der Waals surface area (Å²) in [5.74, 6) is -0.223. The molecule has 0 radical (unpaired) electrons.